The molecule has 202 valence electrons. The molecule has 0 aliphatic carbocycles. The number of carbonyl (C=O) groups is 1. The fourth-order valence-corrected chi connectivity index (χ4v) is 23.1. The van der Waals surface area contributed by atoms with Gasteiger partial charge in [0.25, 0.3) is 0 Å². The van der Waals surface area contributed by atoms with Crippen LogP contribution < -0.4 is 0 Å². The summed E-state index contributed by atoms with van der Waals surface area (Å²) in [4.78, 5) is 21.0. The first kappa shape index (κ1) is 29.5. The van der Waals surface area contributed by atoms with Crippen LogP contribution in [0, 0.1) is 0 Å². The van der Waals surface area contributed by atoms with E-state index in [1.807, 2.05) is 39.5 Å². The van der Waals surface area contributed by atoms with Crippen molar-refractivity contribution in [2.24, 2.45) is 4.99 Å². The summed E-state index contributed by atoms with van der Waals surface area (Å²) < 4.78 is 17.8. The number of para-hydroxylation sites is 1. The Morgan fingerprint density at radius 2 is 1.61 bits per heavy atom. The van der Waals surface area contributed by atoms with E-state index < -0.39 is 29.7 Å². The molecule has 6 heteroatoms. The topological polar surface area (TPSA) is 51.1 Å². The third-order valence-corrected chi connectivity index (χ3v) is 23.4. The maximum atomic E-state index is 13.6. The van der Waals surface area contributed by atoms with Crippen molar-refractivity contribution >= 4 is 33.9 Å². The van der Waals surface area contributed by atoms with Gasteiger partial charge in [0.2, 0.25) is 0 Å². The van der Waals surface area contributed by atoms with Crippen LogP contribution in [0.2, 0.25) is 13.3 Å². The molecule has 0 radical (unpaired) electrons. The summed E-state index contributed by atoms with van der Waals surface area (Å²) in [6, 6.07) is 8.54. The van der Waals surface area contributed by atoms with Gasteiger partial charge in [0.15, 0.2) is 0 Å². The van der Waals surface area contributed by atoms with Gasteiger partial charge in [-0.3, -0.25) is 0 Å². The fourth-order valence-electron chi connectivity index (χ4n) is 6.09. The van der Waals surface area contributed by atoms with Gasteiger partial charge in [-0.15, -0.1) is 0 Å². The van der Waals surface area contributed by atoms with E-state index in [1.165, 1.54) is 61.1 Å². The number of nitrogens with zero attached hydrogens (tertiary/aromatic N) is 2. The Morgan fingerprint density at radius 1 is 1.06 bits per heavy atom. The number of carbonyl (C=O) groups excluding carboxylic acids is 1. The standard InChI is InChI=1S/C18H23N2O3.3C4H9.Sn/c1-17(2,3)23-16(21)20-15(11-22-18(20,4)5)13-10-19-14-9-7-6-8-12(13)14;3*1-3-4-2;/h6-9,13,15H,11H2,1-5H3;3*1,3-4H2,2H3;/t13?,15-;;;;/m1..../s1. The number of hydrogen-bond donors (Lipinski definition) is 0. The molecular weight excluding hydrogens is 555 g/mol. The zero-order chi connectivity index (χ0) is 26.6. The van der Waals surface area contributed by atoms with E-state index in [1.54, 1.807) is 0 Å². The Bertz CT molecular complexity index is 899. The summed E-state index contributed by atoms with van der Waals surface area (Å²) in [5.41, 5.74) is 1.11. The van der Waals surface area contributed by atoms with E-state index in [-0.39, 0.29) is 18.1 Å². The Morgan fingerprint density at radius 3 is 2.14 bits per heavy atom. The quantitative estimate of drug-likeness (QED) is 0.238. The molecule has 1 aromatic rings. The molecule has 0 bridgehead atoms. The Kier molecular flexibility index (Phi) is 9.98. The average Bonchev–Trinajstić information content (AvgIpc) is 3.34. The second-order valence-corrected chi connectivity index (χ2v) is 25.4. The van der Waals surface area contributed by atoms with Gasteiger partial charge in [-0.05, 0) is 0 Å². The van der Waals surface area contributed by atoms with Crippen molar-refractivity contribution in [2.75, 3.05) is 6.61 Å². The van der Waals surface area contributed by atoms with E-state index >= 15 is 0 Å². The van der Waals surface area contributed by atoms with Crippen LogP contribution in [-0.4, -0.2) is 57.1 Å². The first-order chi connectivity index (χ1) is 17.0. The van der Waals surface area contributed by atoms with E-state index in [9.17, 15) is 4.79 Å². The molecule has 0 N–H and O–H groups in total. The van der Waals surface area contributed by atoms with Gasteiger partial charge in [0.05, 0.1) is 0 Å². The number of benzene rings is 1. The molecule has 1 aromatic carbocycles. The third kappa shape index (κ3) is 6.48. The van der Waals surface area contributed by atoms with Crippen molar-refractivity contribution in [3.63, 3.8) is 0 Å². The van der Waals surface area contributed by atoms with Crippen molar-refractivity contribution in [3.8, 4) is 0 Å². The summed E-state index contributed by atoms with van der Waals surface area (Å²) >= 11 is -2.89. The molecule has 0 aromatic heterocycles. The third-order valence-electron chi connectivity index (χ3n) is 7.87. The van der Waals surface area contributed by atoms with Crippen LogP contribution in [0.1, 0.15) is 105 Å². The molecule has 3 rings (SSSR count). The number of unbranched alkanes of at least 4 members (excludes halogenated alkanes) is 3. The van der Waals surface area contributed by atoms with Gasteiger partial charge in [-0.1, -0.05) is 0 Å². The summed E-state index contributed by atoms with van der Waals surface area (Å²) in [5, 5.41) is 0. The summed E-state index contributed by atoms with van der Waals surface area (Å²) in [5.74, 6) is 0.108. The van der Waals surface area contributed by atoms with Crippen LogP contribution in [0.15, 0.2) is 29.3 Å². The molecule has 1 unspecified atom stereocenters. The molecule has 2 heterocycles. The van der Waals surface area contributed by atoms with Crippen LogP contribution in [0.4, 0.5) is 10.5 Å². The first-order valence-corrected chi connectivity index (χ1v) is 21.8. The molecule has 1 saturated heterocycles. The fraction of sp³-hybridized carbons (Fsp3) is 0.733. The predicted molar refractivity (Wildman–Crippen MR) is 153 cm³/mol. The van der Waals surface area contributed by atoms with Crippen molar-refractivity contribution in [2.45, 2.75) is 131 Å². The Labute approximate surface area is 224 Å². The molecule has 2 aliphatic heterocycles. The maximum absolute atomic E-state index is 13.6. The van der Waals surface area contributed by atoms with Gasteiger partial charge in [0.1, 0.15) is 0 Å². The molecule has 1 fully saturated rings. The van der Waals surface area contributed by atoms with E-state index in [0.29, 0.717) is 6.61 Å². The molecule has 36 heavy (non-hydrogen) atoms. The first-order valence-electron chi connectivity index (χ1n) is 14.3. The Hall–Kier alpha value is -1.08. The van der Waals surface area contributed by atoms with E-state index in [4.69, 9.17) is 14.5 Å². The zero-order valence-corrected chi connectivity index (χ0v) is 27.0. The zero-order valence-electron chi connectivity index (χ0n) is 24.2. The monoisotopic (exact) mass is 606 g/mol. The summed E-state index contributed by atoms with van der Waals surface area (Å²) in [6.45, 7) is 17.3. The second kappa shape index (κ2) is 12.2. The van der Waals surface area contributed by atoms with E-state index in [2.05, 4.69) is 45.0 Å². The molecule has 0 spiro atoms. The second-order valence-electron chi connectivity index (χ2n) is 12.3. The van der Waals surface area contributed by atoms with Crippen LogP contribution in [0.3, 0.4) is 0 Å². The molecule has 5 nitrogen and oxygen atoms in total. The Balaban J connectivity index is 2.13. The summed E-state index contributed by atoms with van der Waals surface area (Å²) in [7, 11) is 0. The van der Waals surface area contributed by atoms with Gasteiger partial charge in [0, 0.05) is 0 Å². The van der Waals surface area contributed by atoms with Crippen molar-refractivity contribution < 1.29 is 14.3 Å². The average molecular weight is 605 g/mol. The number of amides is 1. The molecule has 0 saturated carbocycles. The van der Waals surface area contributed by atoms with Crippen molar-refractivity contribution in [1.82, 2.24) is 4.90 Å². The minimum atomic E-state index is -2.89. The van der Waals surface area contributed by atoms with Crippen LogP contribution in [0.5, 0.6) is 0 Å². The number of ether oxygens (including phenoxy) is 2. The molecule has 2 aliphatic rings. The summed E-state index contributed by atoms with van der Waals surface area (Å²) in [6.07, 6.45) is 7.26. The predicted octanol–water partition coefficient (Wildman–Crippen LogP) is 8.62. The number of aliphatic imine (C=N–C) groups is 1. The minimum absolute atomic E-state index is 0.0989. The van der Waals surface area contributed by atoms with Gasteiger partial charge in [-0.2, -0.15) is 0 Å². The van der Waals surface area contributed by atoms with Gasteiger partial charge < -0.3 is 0 Å². The number of rotatable bonds is 11. The normalized spacial score (nSPS) is 21.4. The van der Waals surface area contributed by atoms with Crippen molar-refractivity contribution in [3.05, 3.63) is 29.8 Å². The van der Waals surface area contributed by atoms with Gasteiger partial charge >= 0.3 is 225 Å². The molecule has 2 atom stereocenters. The van der Waals surface area contributed by atoms with Crippen molar-refractivity contribution in [1.29, 1.82) is 0 Å². The van der Waals surface area contributed by atoms with Crippen LogP contribution in [0.25, 0.3) is 0 Å². The van der Waals surface area contributed by atoms with E-state index in [0.717, 1.165) is 5.69 Å². The number of hydrogen-bond acceptors (Lipinski definition) is 4. The molecular formula is C30H50N2O3Sn. The van der Waals surface area contributed by atoms with Crippen LogP contribution >= 0.6 is 0 Å². The van der Waals surface area contributed by atoms with Gasteiger partial charge in [-0.25, -0.2) is 0 Å². The number of fused-ring (bicyclic) bond motifs is 1. The van der Waals surface area contributed by atoms with Crippen LogP contribution in [-0.2, 0) is 9.47 Å². The molecule has 1 amide bonds. The SMILES string of the molecule is CCC[CH2][Sn]([CH2]CCC)([CH2]CCC)[C]1=Nc2ccccc2C1[C@H]1COC(C)(C)N1C(=O)OC(C)(C)C.